The van der Waals surface area contributed by atoms with Gasteiger partial charge < -0.3 is 10.1 Å². The molecule has 7 heteroatoms. The van der Waals surface area contributed by atoms with Crippen molar-refractivity contribution in [2.45, 2.75) is 27.0 Å². The van der Waals surface area contributed by atoms with Crippen LogP contribution in [0.3, 0.4) is 0 Å². The van der Waals surface area contributed by atoms with Gasteiger partial charge in [0, 0.05) is 11.8 Å². The molecule has 0 saturated heterocycles. The number of nitrogens with zero attached hydrogens (tertiary/aromatic N) is 2. The Bertz CT molecular complexity index is 1270. The number of aryl methyl sites for hydroxylation is 2. The maximum absolute atomic E-state index is 12.7. The maximum Gasteiger partial charge on any atom is 0.256 e. The Labute approximate surface area is 206 Å². The summed E-state index contributed by atoms with van der Waals surface area (Å²) in [6.45, 7) is 5.02. The van der Waals surface area contributed by atoms with E-state index in [0.717, 1.165) is 21.2 Å². The molecule has 1 aromatic heterocycles. The molecule has 0 aliphatic heterocycles. The van der Waals surface area contributed by atoms with Gasteiger partial charge in [0.25, 0.3) is 5.91 Å². The fraction of sp³-hybridized carbons (Fsp3) is 0.154. The summed E-state index contributed by atoms with van der Waals surface area (Å²) in [7, 11) is 0. The second kappa shape index (κ2) is 10.2. The van der Waals surface area contributed by atoms with Crippen LogP contribution in [0.25, 0.3) is 0 Å². The van der Waals surface area contributed by atoms with Crippen molar-refractivity contribution >= 4 is 39.3 Å². The molecular formula is C26H23BrClN3O2. The van der Waals surface area contributed by atoms with Crippen LogP contribution >= 0.6 is 27.5 Å². The molecule has 0 bridgehead atoms. The van der Waals surface area contributed by atoms with Crippen molar-refractivity contribution in [3.05, 3.63) is 110 Å². The zero-order chi connectivity index (χ0) is 23.4. The van der Waals surface area contributed by atoms with Gasteiger partial charge in [-0.25, -0.2) is 0 Å². The van der Waals surface area contributed by atoms with Gasteiger partial charge in [0.1, 0.15) is 12.4 Å². The average Bonchev–Trinajstić information content (AvgIpc) is 3.14. The number of nitrogens with one attached hydrogen (secondary N) is 1. The first kappa shape index (κ1) is 23.1. The van der Waals surface area contributed by atoms with Gasteiger partial charge in [-0.05, 0) is 70.7 Å². The molecule has 1 heterocycles. The van der Waals surface area contributed by atoms with E-state index in [4.69, 9.17) is 16.3 Å². The number of halogens is 2. The van der Waals surface area contributed by atoms with Gasteiger partial charge >= 0.3 is 0 Å². The summed E-state index contributed by atoms with van der Waals surface area (Å²) in [5.41, 5.74) is 4.90. The lowest BCUT2D eigenvalue weighted by Gasteiger charge is -2.09. The number of ether oxygens (including phenoxy) is 1. The molecule has 33 heavy (non-hydrogen) atoms. The lowest BCUT2D eigenvalue weighted by atomic mass is 10.1. The quantitative estimate of drug-likeness (QED) is 0.289. The smallest absolute Gasteiger partial charge is 0.256 e. The van der Waals surface area contributed by atoms with E-state index in [2.05, 4.69) is 57.5 Å². The number of anilines is 1. The van der Waals surface area contributed by atoms with Crippen molar-refractivity contribution in [1.29, 1.82) is 0 Å². The third-order valence-corrected chi connectivity index (χ3v) is 6.00. The zero-order valence-electron chi connectivity index (χ0n) is 18.3. The highest BCUT2D eigenvalue weighted by Gasteiger charge is 2.13. The van der Waals surface area contributed by atoms with Crippen molar-refractivity contribution in [2.24, 2.45) is 0 Å². The van der Waals surface area contributed by atoms with Crippen molar-refractivity contribution in [3.8, 4) is 5.75 Å². The SMILES string of the molecule is Cc1ccc(Cn2cc(Br)c(NC(=O)c3ccc(COc4cc(C)ccc4Cl)cc3)n2)cc1. The molecule has 3 aromatic carbocycles. The van der Waals surface area contributed by atoms with Crippen LogP contribution < -0.4 is 10.1 Å². The van der Waals surface area contributed by atoms with Gasteiger partial charge in [0.2, 0.25) is 0 Å². The van der Waals surface area contributed by atoms with Crippen LogP contribution in [0.1, 0.15) is 32.6 Å². The summed E-state index contributed by atoms with van der Waals surface area (Å²) < 4.78 is 8.34. The minimum Gasteiger partial charge on any atom is -0.487 e. The largest absolute Gasteiger partial charge is 0.487 e. The number of carbonyl (C=O) groups is 1. The number of aromatic nitrogens is 2. The lowest BCUT2D eigenvalue weighted by molar-refractivity contribution is 0.102. The van der Waals surface area contributed by atoms with E-state index in [1.54, 1.807) is 16.8 Å². The summed E-state index contributed by atoms with van der Waals surface area (Å²) in [5.74, 6) is 0.892. The summed E-state index contributed by atoms with van der Waals surface area (Å²) in [4.78, 5) is 12.7. The molecule has 0 spiro atoms. The van der Waals surface area contributed by atoms with Crippen LogP contribution in [0.2, 0.25) is 5.02 Å². The second-order valence-corrected chi connectivity index (χ2v) is 9.14. The Balaban J connectivity index is 1.37. The Kier molecular flexibility index (Phi) is 7.16. The van der Waals surface area contributed by atoms with Crippen LogP contribution in [0.15, 0.2) is 77.4 Å². The maximum atomic E-state index is 12.7. The zero-order valence-corrected chi connectivity index (χ0v) is 20.7. The van der Waals surface area contributed by atoms with E-state index in [0.29, 0.717) is 35.3 Å². The number of amides is 1. The second-order valence-electron chi connectivity index (χ2n) is 7.88. The first-order valence-electron chi connectivity index (χ1n) is 10.4. The molecule has 0 unspecified atom stereocenters. The molecule has 168 valence electrons. The number of benzene rings is 3. The monoisotopic (exact) mass is 523 g/mol. The Morgan fingerprint density at radius 2 is 1.67 bits per heavy atom. The molecule has 0 atom stereocenters. The van der Waals surface area contributed by atoms with Crippen molar-refractivity contribution in [3.63, 3.8) is 0 Å². The minimum atomic E-state index is -0.231. The molecule has 4 rings (SSSR count). The summed E-state index contributed by atoms with van der Waals surface area (Å²) in [5, 5.41) is 7.93. The van der Waals surface area contributed by atoms with E-state index in [1.165, 1.54) is 5.56 Å². The molecule has 1 N–H and O–H groups in total. The van der Waals surface area contributed by atoms with Crippen LogP contribution in [0.5, 0.6) is 5.75 Å². The standard InChI is InChI=1S/C26H23BrClN3O2/c1-17-3-6-19(7-4-17)14-31-15-22(27)25(30-31)29-26(32)21-10-8-20(9-11-21)16-33-24-13-18(2)5-12-23(24)28/h3-13,15H,14,16H2,1-2H3,(H,29,30,32). The molecule has 0 aliphatic rings. The molecule has 0 fully saturated rings. The third-order valence-electron chi connectivity index (χ3n) is 5.11. The van der Waals surface area contributed by atoms with Gasteiger partial charge in [-0.3, -0.25) is 9.48 Å². The van der Waals surface area contributed by atoms with E-state index < -0.39 is 0 Å². The number of rotatable bonds is 7. The Morgan fingerprint density at radius 3 is 2.39 bits per heavy atom. The van der Waals surface area contributed by atoms with E-state index in [-0.39, 0.29) is 5.91 Å². The van der Waals surface area contributed by atoms with Gasteiger partial charge in [-0.2, -0.15) is 5.10 Å². The summed E-state index contributed by atoms with van der Waals surface area (Å²) >= 11 is 9.67. The fourth-order valence-electron chi connectivity index (χ4n) is 3.26. The normalized spacial score (nSPS) is 10.8. The molecule has 4 aromatic rings. The number of hydrogen-bond acceptors (Lipinski definition) is 3. The molecule has 0 aliphatic carbocycles. The first-order chi connectivity index (χ1) is 15.9. The molecule has 0 radical (unpaired) electrons. The van der Waals surface area contributed by atoms with Gasteiger partial charge in [-0.1, -0.05) is 59.6 Å². The molecule has 0 saturated carbocycles. The molecule has 5 nitrogen and oxygen atoms in total. The van der Waals surface area contributed by atoms with Crippen molar-refractivity contribution in [2.75, 3.05) is 5.32 Å². The number of carbonyl (C=O) groups excluding carboxylic acids is 1. The van der Waals surface area contributed by atoms with Crippen LogP contribution in [0, 0.1) is 13.8 Å². The third kappa shape index (κ3) is 6.03. The Hall–Kier alpha value is -3.09. The van der Waals surface area contributed by atoms with Crippen LogP contribution in [0.4, 0.5) is 5.82 Å². The van der Waals surface area contributed by atoms with Crippen molar-refractivity contribution < 1.29 is 9.53 Å². The van der Waals surface area contributed by atoms with Crippen LogP contribution in [-0.4, -0.2) is 15.7 Å². The highest BCUT2D eigenvalue weighted by atomic mass is 79.9. The van der Waals surface area contributed by atoms with Gasteiger partial charge in [0.05, 0.1) is 16.0 Å². The number of hydrogen-bond donors (Lipinski definition) is 1. The average molecular weight is 525 g/mol. The predicted octanol–water partition coefficient (Wildman–Crippen LogP) is 6.80. The van der Waals surface area contributed by atoms with E-state index in [9.17, 15) is 4.79 Å². The minimum absolute atomic E-state index is 0.231. The topological polar surface area (TPSA) is 56.2 Å². The fourth-order valence-corrected chi connectivity index (χ4v) is 3.84. The van der Waals surface area contributed by atoms with Gasteiger partial charge in [-0.15, -0.1) is 0 Å². The first-order valence-corrected chi connectivity index (χ1v) is 11.6. The van der Waals surface area contributed by atoms with Gasteiger partial charge in [0.15, 0.2) is 5.82 Å². The van der Waals surface area contributed by atoms with Crippen molar-refractivity contribution in [1.82, 2.24) is 9.78 Å². The molecule has 1 amide bonds. The predicted molar refractivity (Wildman–Crippen MR) is 135 cm³/mol. The summed E-state index contributed by atoms with van der Waals surface area (Å²) in [6.07, 6.45) is 1.85. The van der Waals surface area contributed by atoms with E-state index >= 15 is 0 Å². The lowest BCUT2D eigenvalue weighted by Crippen LogP contribution is -2.13. The van der Waals surface area contributed by atoms with E-state index in [1.807, 2.05) is 43.5 Å². The van der Waals surface area contributed by atoms with Crippen LogP contribution in [-0.2, 0) is 13.2 Å². The summed E-state index contributed by atoms with van der Waals surface area (Å²) in [6, 6.07) is 21.2. The highest BCUT2D eigenvalue weighted by Crippen LogP contribution is 2.26. The molecular weight excluding hydrogens is 502 g/mol. The Morgan fingerprint density at radius 1 is 1.00 bits per heavy atom. The highest BCUT2D eigenvalue weighted by molar-refractivity contribution is 9.10.